The van der Waals surface area contributed by atoms with Crippen molar-refractivity contribution in [1.29, 1.82) is 5.26 Å². The first kappa shape index (κ1) is 20.2. The SMILES string of the molecule is N#C/C(C(=O)OCC1CCCCC1)=C1/Nc2c(N)cccc2N=C1N1CCNCC1. The number of benzene rings is 1. The van der Waals surface area contributed by atoms with Crippen LogP contribution in [-0.2, 0) is 9.53 Å². The number of carbonyl (C=O) groups excluding carboxylic acids is 1. The van der Waals surface area contributed by atoms with Crippen LogP contribution in [0.25, 0.3) is 0 Å². The number of amidine groups is 1. The van der Waals surface area contributed by atoms with Gasteiger partial charge in [-0.25, -0.2) is 9.79 Å². The number of nitriles is 1. The van der Waals surface area contributed by atoms with Gasteiger partial charge in [-0.3, -0.25) is 0 Å². The summed E-state index contributed by atoms with van der Waals surface area (Å²) in [5.41, 5.74) is 8.26. The van der Waals surface area contributed by atoms with Crippen LogP contribution in [0.1, 0.15) is 32.1 Å². The molecule has 0 aromatic heterocycles. The quantitative estimate of drug-likeness (QED) is 0.305. The molecule has 1 aliphatic carbocycles. The van der Waals surface area contributed by atoms with Crippen molar-refractivity contribution in [2.45, 2.75) is 32.1 Å². The Hall–Kier alpha value is -3.05. The second-order valence-electron chi connectivity index (χ2n) is 8.00. The van der Waals surface area contributed by atoms with E-state index in [0.29, 0.717) is 41.1 Å². The number of esters is 1. The Morgan fingerprint density at radius 2 is 2.03 bits per heavy atom. The van der Waals surface area contributed by atoms with Crippen LogP contribution in [0.15, 0.2) is 34.5 Å². The standard InChI is InChI=1S/C22H28N6O2/c23-13-16(22(29)30-14-15-5-2-1-3-6-15)19-21(28-11-9-25-10-12-28)26-18-8-4-7-17(24)20(18)27-19/h4,7-8,15,25,27H,1-3,5-6,9-12,14,24H2/b19-16-. The Morgan fingerprint density at radius 3 is 2.77 bits per heavy atom. The predicted molar refractivity (Wildman–Crippen MR) is 116 cm³/mol. The summed E-state index contributed by atoms with van der Waals surface area (Å²) in [7, 11) is 0. The molecule has 0 spiro atoms. The van der Waals surface area contributed by atoms with Crippen molar-refractivity contribution in [2.75, 3.05) is 43.8 Å². The molecule has 1 aromatic rings. The van der Waals surface area contributed by atoms with E-state index in [0.717, 1.165) is 39.0 Å². The fourth-order valence-corrected chi connectivity index (χ4v) is 4.24. The summed E-state index contributed by atoms with van der Waals surface area (Å²) in [6.07, 6.45) is 5.73. The Kier molecular flexibility index (Phi) is 6.19. The van der Waals surface area contributed by atoms with E-state index in [1.54, 1.807) is 6.07 Å². The fourth-order valence-electron chi connectivity index (χ4n) is 4.24. The second kappa shape index (κ2) is 9.18. The number of nitrogen functional groups attached to an aromatic ring is 1. The van der Waals surface area contributed by atoms with Crippen molar-refractivity contribution in [2.24, 2.45) is 10.9 Å². The summed E-state index contributed by atoms with van der Waals surface area (Å²) >= 11 is 0. The third-order valence-electron chi connectivity index (χ3n) is 5.93. The highest BCUT2D eigenvalue weighted by atomic mass is 16.5. The molecule has 1 aromatic carbocycles. The van der Waals surface area contributed by atoms with Crippen molar-refractivity contribution in [3.05, 3.63) is 29.5 Å². The normalized spacial score (nSPS) is 21.0. The largest absolute Gasteiger partial charge is 0.461 e. The monoisotopic (exact) mass is 408 g/mol. The smallest absolute Gasteiger partial charge is 0.351 e. The van der Waals surface area contributed by atoms with E-state index in [4.69, 9.17) is 15.5 Å². The summed E-state index contributed by atoms with van der Waals surface area (Å²) in [6.45, 7) is 3.44. The van der Waals surface area contributed by atoms with Gasteiger partial charge in [-0.05, 0) is 30.9 Å². The molecular formula is C22H28N6O2. The topological polar surface area (TPSA) is 116 Å². The van der Waals surface area contributed by atoms with Gasteiger partial charge in [0.05, 0.1) is 23.7 Å². The van der Waals surface area contributed by atoms with Gasteiger partial charge >= 0.3 is 5.97 Å². The Bertz CT molecular complexity index is 905. The highest BCUT2D eigenvalue weighted by Crippen LogP contribution is 2.37. The Morgan fingerprint density at radius 1 is 1.27 bits per heavy atom. The van der Waals surface area contributed by atoms with Gasteiger partial charge in [-0.2, -0.15) is 5.26 Å². The lowest BCUT2D eigenvalue weighted by molar-refractivity contribution is -0.140. The number of carbonyl (C=O) groups is 1. The molecule has 8 nitrogen and oxygen atoms in total. The number of rotatable bonds is 3. The number of fused-ring (bicyclic) bond motifs is 1. The third-order valence-corrected chi connectivity index (χ3v) is 5.93. The molecule has 0 amide bonds. The van der Waals surface area contributed by atoms with E-state index >= 15 is 0 Å². The van der Waals surface area contributed by atoms with Gasteiger partial charge in [-0.15, -0.1) is 0 Å². The molecule has 0 radical (unpaired) electrons. The third kappa shape index (κ3) is 4.26. The lowest BCUT2D eigenvalue weighted by Gasteiger charge is -2.34. The number of nitrogens with one attached hydrogen (secondary N) is 2. The van der Waals surface area contributed by atoms with Crippen LogP contribution < -0.4 is 16.4 Å². The van der Waals surface area contributed by atoms with Crippen LogP contribution in [0, 0.1) is 17.2 Å². The minimum Gasteiger partial charge on any atom is -0.461 e. The van der Waals surface area contributed by atoms with Gasteiger partial charge in [0.15, 0.2) is 11.4 Å². The number of anilines is 2. The molecule has 0 bridgehead atoms. The number of piperazine rings is 1. The maximum Gasteiger partial charge on any atom is 0.351 e. The first-order valence-corrected chi connectivity index (χ1v) is 10.7. The first-order valence-electron chi connectivity index (χ1n) is 10.7. The van der Waals surface area contributed by atoms with Gasteiger partial charge in [0, 0.05) is 26.2 Å². The van der Waals surface area contributed by atoms with Crippen LogP contribution in [0.3, 0.4) is 0 Å². The molecule has 3 aliphatic rings. The van der Waals surface area contributed by atoms with Crippen molar-refractivity contribution >= 4 is 28.9 Å². The van der Waals surface area contributed by atoms with Crippen LogP contribution in [0.2, 0.25) is 0 Å². The van der Waals surface area contributed by atoms with Crippen LogP contribution in [-0.4, -0.2) is 49.5 Å². The Balaban J connectivity index is 1.65. The molecule has 0 unspecified atom stereocenters. The number of hydrogen-bond donors (Lipinski definition) is 3. The lowest BCUT2D eigenvalue weighted by atomic mass is 9.90. The van der Waals surface area contributed by atoms with Gasteiger partial charge in [0.2, 0.25) is 0 Å². The minimum atomic E-state index is -0.605. The maximum absolute atomic E-state index is 12.9. The van der Waals surface area contributed by atoms with E-state index in [-0.39, 0.29) is 5.57 Å². The number of nitrogens with zero attached hydrogens (tertiary/aromatic N) is 3. The minimum absolute atomic E-state index is 0.0583. The van der Waals surface area contributed by atoms with E-state index in [1.807, 2.05) is 12.1 Å². The first-order chi connectivity index (χ1) is 14.7. The highest BCUT2D eigenvalue weighted by molar-refractivity contribution is 6.13. The molecule has 2 heterocycles. The van der Waals surface area contributed by atoms with Crippen LogP contribution in [0.5, 0.6) is 0 Å². The summed E-state index contributed by atoms with van der Waals surface area (Å²) in [5.74, 6) is 0.358. The maximum atomic E-state index is 12.9. The zero-order valence-corrected chi connectivity index (χ0v) is 17.1. The van der Waals surface area contributed by atoms with Crippen molar-refractivity contribution in [1.82, 2.24) is 10.2 Å². The highest BCUT2D eigenvalue weighted by Gasteiger charge is 2.30. The summed E-state index contributed by atoms with van der Waals surface area (Å²) in [6, 6.07) is 7.53. The number of ether oxygens (including phenoxy) is 1. The molecule has 2 fully saturated rings. The van der Waals surface area contributed by atoms with E-state index < -0.39 is 5.97 Å². The summed E-state index contributed by atoms with van der Waals surface area (Å²) in [5, 5.41) is 16.4. The molecule has 1 saturated heterocycles. The lowest BCUT2D eigenvalue weighted by Crippen LogP contribution is -2.48. The predicted octanol–water partition coefficient (Wildman–Crippen LogP) is 2.53. The fraction of sp³-hybridized carbons (Fsp3) is 0.500. The Labute approximate surface area is 176 Å². The van der Waals surface area contributed by atoms with E-state index in [2.05, 4.69) is 21.6 Å². The molecule has 4 rings (SSSR count). The average molecular weight is 409 g/mol. The zero-order valence-electron chi connectivity index (χ0n) is 17.1. The number of para-hydroxylation sites is 1. The number of aliphatic imine (C=N–C) groups is 1. The average Bonchev–Trinajstić information content (AvgIpc) is 2.79. The van der Waals surface area contributed by atoms with Gasteiger partial charge in [0.1, 0.15) is 11.8 Å². The molecule has 30 heavy (non-hydrogen) atoms. The second-order valence-corrected chi connectivity index (χ2v) is 8.00. The zero-order chi connectivity index (χ0) is 20.9. The van der Waals surface area contributed by atoms with E-state index in [1.165, 1.54) is 19.3 Å². The van der Waals surface area contributed by atoms with Gasteiger partial charge in [0.25, 0.3) is 0 Å². The summed E-state index contributed by atoms with van der Waals surface area (Å²) < 4.78 is 5.57. The van der Waals surface area contributed by atoms with Gasteiger partial charge < -0.3 is 26.0 Å². The molecule has 4 N–H and O–H groups in total. The molecule has 0 atom stereocenters. The molecule has 1 saturated carbocycles. The molecular weight excluding hydrogens is 380 g/mol. The molecule has 8 heteroatoms. The van der Waals surface area contributed by atoms with Crippen molar-refractivity contribution in [3.8, 4) is 6.07 Å². The van der Waals surface area contributed by atoms with Gasteiger partial charge in [-0.1, -0.05) is 25.3 Å². The van der Waals surface area contributed by atoms with Crippen molar-refractivity contribution < 1.29 is 9.53 Å². The summed E-state index contributed by atoms with van der Waals surface area (Å²) in [4.78, 5) is 19.7. The van der Waals surface area contributed by atoms with E-state index in [9.17, 15) is 10.1 Å². The molecule has 2 aliphatic heterocycles. The number of nitrogens with two attached hydrogens (primary N) is 1. The van der Waals surface area contributed by atoms with Crippen LogP contribution >= 0.6 is 0 Å². The van der Waals surface area contributed by atoms with Crippen LogP contribution in [0.4, 0.5) is 17.1 Å². The molecule has 158 valence electrons. The number of hydrogen-bond acceptors (Lipinski definition) is 8. The van der Waals surface area contributed by atoms with Crippen molar-refractivity contribution in [3.63, 3.8) is 0 Å².